The van der Waals surface area contributed by atoms with E-state index < -0.39 is 16.6 Å². The molecule has 0 spiro atoms. The molecule has 1 aliphatic carbocycles. The predicted octanol–water partition coefficient (Wildman–Crippen LogP) is 1.41. The molecule has 1 rings (SSSR count). The van der Waals surface area contributed by atoms with E-state index in [-0.39, 0.29) is 6.04 Å². The third-order valence-electron chi connectivity index (χ3n) is 2.32. The quantitative estimate of drug-likeness (QED) is 0.576. The van der Waals surface area contributed by atoms with Gasteiger partial charge in [0.15, 0.2) is 0 Å². The first-order valence-corrected chi connectivity index (χ1v) is 5.99. The normalized spacial score (nSPS) is 17.9. The van der Waals surface area contributed by atoms with Crippen LogP contribution in [0.2, 0.25) is 0 Å². The highest BCUT2D eigenvalue weighted by Gasteiger charge is 2.13. The fourth-order valence-corrected chi connectivity index (χ4v) is 1.77. The van der Waals surface area contributed by atoms with Crippen LogP contribution < -0.4 is 5.48 Å². The molecule has 1 fully saturated rings. The van der Waals surface area contributed by atoms with Crippen LogP contribution in [-0.2, 0) is 15.3 Å². The summed E-state index contributed by atoms with van der Waals surface area (Å²) in [7, 11) is -2.75. The zero-order valence-corrected chi connectivity index (χ0v) is 9.12. The molecule has 0 aromatic rings. The van der Waals surface area contributed by atoms with Gasteiger partial charge in [-0.1, -0.05) is 30.0 Å². The van der Waals surface area contributed by atoms with Crippen LogP contribution in [0.15, 0.2) is 4.36 Å². The Kier molecular flexibility index (Phi) is 5.27. The van der Waals surface area contributed by atoms with Gasteiger partial charge in [-0.2, -0.15) is 8.42 Å². The fourth-order valence-electron chi connectivity index (χ4n) is 1.61. The average Bonchev–Trinajstić information content (AvgIpc) is 2.41. The summed E-state index contributed by atoms with van der Waals surface area (Å²) in [5.74, 6) is 0. The lowest BCUT2D eigenvalue weighted by Gasteiger charge is -2.13. The number of carbonyl (C=O) groups is 1. The Bertz CT molecular complexity index is 323. The molecule has 0 radical (unpaired) electrons. The number of rotatable bonds is 2. The van der Waals surface area contributed by atoms with Gasteiger partial charge < -0.3 is 4.84 Å². The van der Waals surface area contributed by atoms with Crippen LogP contribution in [0.1, 0.15) is 38.5 Å². The summed E-state index contributed by atoms with van der Waals surface area (Å²) in [5, 5.41) is 0. The van der Waals surface area contributed by atoms with Crippen LogP contribution in [0, 0.1) is 0 Å². The van der Waals surface area contributed by atoms with E-state index in [4.69, 9.17) is 0 Å². The number of hydroxylamine groups is 1. The van der Waals surface area contributed by atoms with E-state index in [2.05, 4.69) is 14.7 Å². The Morgan fingerprint density at radius 1 is 1.20 bits per heavy atom. The molecule has 0 saturated heterocycles. The summed E-state index contributed by atoms with van der Waals surface area (Å²) in [6.45, 7) is 0. The van der Waals surface area contributed by atoms with Crippen molar-refractivity contribution in [2.24, 2.45) is 4.36 Å². The second-order valence-electron chi connectivity index (χ2n) is 3.48. The number of nitrogens with one attached hydrogen (secondary N) is 1. The van der Waals surface area contributed by atoms with E-state index in [1.54, 1.807) is 0 Å². The Hall–Kier alpha value is -0.950. The van der Waals surface area contributed by atoms with Crippen LogP contribution >= 0.6 is 0 Å². The first-order chi connectivity index (χ1) is 7.18. The van der Waals surface area contributed by atoms with E-state index in [0.717, 1.165) is 25.7 Å². The molecule has 0 bridgehead atoms. The van der Waals surface area contributed by atoms with E-state index in [1.807, 2.05) is 0 Å². The molecule has 0 heterocycles. The lowest BCUT2D eigenvalue weighted by molar-refractivity contribution is 0.0728. The minimum Gasteiger partial charge on any atom is -0.351 e. The number of hydrogen-bond donors (Lipinski definition) is 1. The molecule has 1 N–H and O–H groups in total. The van der Waals surface area contributed by atoms with Gasteiger partial charge in [0.25, 0.3) is 0 Å². The Morgan fingerprint density at radius 2 is 1.80 bits per heavy atom. The van der Waals surface area contributed by atoms with Crippen molar-refractivity contribution in [2.45, 2.75) is 44.6 Å². The van der Waals surface area contributed by atoms with Crippen molar-refractivity contribution in [3.63, 3.8) is 0 Å². The van der Waals surface area contributed by atoms with Crippen LogP contribution in [0.4, 0.5) is 4.79 Å². The van der Waals surface area contributed by atoms with Crippen molar-refractivity contribution in [2.75, 3.05) is 0 Å². The maximum Gasteiger partial charge on any atom is 0.467 e. The molecule has 15 heavy (non-hydrogen) atoms. The van der Waals surface area contributed by atoms with Crippen LogP contribution in [-0.4, -0.2) is 20.6 Å². The SMILES string of the molecule is O=C(N=S(=O)=O)ONC1CCCCCC1. The summed E-state index contributed by atoms with van der Waals surface area (Å²) >= 11 is 0. The largest absolute Gasteiger partial charge is 0.467 e. The van der Waals surface area contributed by atoms with Crippen molar-refractivity contribution in [1.29, 1.82) is 0 Å². The molecule has 0 aliphatic heterocycles. The van der Waals surface area contributed by atoms with Crippen molar-refractivity contribution in [1.82, 2.24) is 5.48 Å². The van der Waals surface area contributed by atoms with Gasteiger partial charge in [-0.15, -0.1) is 5.48 Å². The Morgan fingerprint density at radius 3 is 2.33 bits per heavy atom. The number of nitrogens with zero attached hydrogens (tertiary/aromatic N) is 1. The van der Waals surface area contributed by atoms with E-state index >= 15 is 0 Å². The molecule has 0 atom stereocenters. The maximum absolute atomic E-state index is 10.7. The van der Waals surface area contributed by atoms with E-state index in [0.29, 0.717) is 0 Å². The molecule has 1 amide bonds. The van der Waals surface area contributed by atoms with E-state index in [9.17, 15) is 13.2 Å². The molecule has 0 aromatic heterocycles. The van der Waals surface area contributed by atoms with Gasteiger partial charge in [0, 0.05) is 6.04 Å². The van der Waals surface area contributed by atoms with Gasteiger partial charge in [0.1, 0.15) is 0 Å². The lowest BCUT2D eigenvalue weighted by atomic mass is 10.1. The van der Waals surface area contributed by atoms with Crippen LogP contribution in [0.25, 0.3) is 0 Å². The third kappa shape index (κ3) is 5.48. The first kappa shape index (κ1) is 12.1. The zero-order chi connectivity index (χ0) is 11.1. The Labute approximate surface area is 89.7 Å². The van der Waals surface area contributed by atoms with Crippen molar-refractivity contribution < 1.29 is 18.0 Å². The molecule has 6 nitrogen and oxygen atoms in total. The van der Waals surface area contributed by atoms with Gasteiger partial charge in [-0.05, 0) is 12.8 Å². The molecule has 1 saturated carbocycles. The van der Waals surface area contributed by atoms with Gasteiger partial charge in [-0.25, -0.2) is 4.79 Å². The minimum absolute atomic E-state index is 0.117. The average molecular weight is 234 g/mol. The Balaban J connectivity index is 2.29. The van der Waals surface area contributed by atoms with Crippen molar-refractivity contribution in [3.8, 4) is 0 Å². The molecule has 1 aliphatic rings. The second kappa shape index (κ2) is 6.52. The summed E-state index contributed by atoms with van der Waals surface area (Å²) in [6.07, 6.45) is 5.34. The lowest BCUT2D eigenvalue weighted by Crippen LogP contribution is -2.30. The summed E-state index contributed by atoms with van der Waals surface area (Å²) in [6, 6.07) is 0.117. The standard InChI is InChI=1S/C8H14N2O4S/c11-8(10-15(12)13)14-9-7-5-3-1-2-4-6-7/h7,9H,1-6H2. The van der Waals surface area contributed by atoms with Gasteiger partial charge >= 0.3 is 16.6 Å². The highest BCUT2D eigenvalue weighted by atomic mass is 32.2. The minimum atomic E-state index is -2.75. The monoisotopic (exact) mass is 234 g/mol. The summed E-state index contributed by atoms with van der Waals surface area (Å²) in [4.78, 5) is 15.2. The van der Waals surface area contributed by atoms with Crippen molar-refractivity contribution >= 4 is 16.6 Å². The number of hydrogen-bond acceptors (Lipinski definition) is 5. The molecular weight excluding hydrogens is 220 g/mol. The highest BCUT2D eigenvalue weighted by Crippen LogP contribution is 2.17. The first-order valence-electron chi connectivity index (χ1n) is 4.96. The predicted molar refractivity (Wildman–Crippen MR) is 52.5 cm³/mol. The summed E-state index contributed by atoms with van der Waals surface area (Å²) in [5.41, 5.74) is 2.55. The topological polar surface area (TPSA) is 84.8 Å². The summed E-state index contributed by atoms with van der Waals surface area (Å²) < 4.78 is 22.7. The fraction of sp³-hybridized carbons (Fsp3) is 0.875. The number of amides is 1. The van der Waals surface area contributed by atoms with Crippen molar-refractivity contribution in [3.05, 3.63) is 0 Å². The third-order valence-corrected chi connectivity index (χ3v) is 2.62. The highest BCUT2D eigenvalue weighted by molar-refractivity contribution is 7.62. The zero-order valence-electron chi connectivity index (χ0n) is 8.31. The second-order valence-corrected chi connectivity index (χ2v) is 4.10. The van der Waals surface area contributed by atoms with Crippen LogP contribution in [0.3, 0.4) is 0 Å². The molecule has 86 valence electrons. The van der Waals surface area contributed by atoms with E-state index in [1.165, 1.54) is 12.8 Å². The molecule has 0 unspecified atom stereocenters. The van der Waals surface area contributed by atoms with Gasteiger partial charge in [-0.3, -0.25) is 0 Å². The number of carbonyl (C=O) groups excluding carboxylic acids is 1. The smallest absolute Gasteiger partial charge is 0.351 e. The van der Waals surface area contributed by atoms with Crippen LogP contribution in [0.5, 0.6) is 0 Å². The maximum atomic E-state index is 10.7. The van der Waals surface area contributed by atoms with Gasteiger partial charge in [0.05, 0.1) is 0 Å². The van der Waals surface area contributed by atoms with Gasteiger partial charge in [0.2, 0.25) is 0 Å². The molecule has 0 aromatic carbocycles. The molecular formula is C8H14N2O4S. The molecule has 7 heteroatoms.